The van der Waals surface area contributed by atoms with Gasteiger partial charge in [-0.1, -0.05) is 13.3 Å². The lowest BCUT2D eigenvalue weighted by Gasteiger charge is -2.40. The van der Waals surface area contributed by atoms with E-state index < -0.39 is 0 Å². The summed E-state index contributed by atoms with van der Waals surface area (Å²) >= 11 is 2.14. The average molecular weight is 242 g/mol. The van der Waals surface area contributed by atoms with E-state index in [1.54, 1.807) is 0 Å². The first-order chi connectivity index (χ1) is 7.86. The lowest BCUT2D eigenvalue weighted by atomic mass is 9.99. The van der Waals surface area contributed by atoms with E-state index in [0.29, 0.717) is 0 Å². The highest BCUT2D eigenvalue weighted by Gasteiger charge is 2.34. The minimum Gasteiger partial charge on any atom is -0.330 e. The fourth-order valence-electron chi connectivity index (χ4n) is 3.48. The Morgan fingerprint density at radius 2 is 2.12 bits per heavy atom. The molecule has 3 unspecified atom stereocenters. The number of hydrogen-bond acceptors (Lipinski definition) is 3. The molecule has 2 rings (SSSR count). The van der Waals surface area contributed by atoms with Gasteiger partial charge in [0.1, 0.15) is 0 Å². The van der Waals surface area contributed by atoms with Crippen molar-refractivity contribution in [1.29, 1.82) is 0 Å². The molecule has 16 heavy (non-hydrogen) atoms. The maximum atomic E-state index is 5.91. The highest BCUT2D eigenvalue weighted by atomic mass is 32.2. The molecule has 1 aliphatic heterocycles. The maximum absolute atomic E-state index is 5.91. The molecule has 0 aromatic carbocycles. The van der Waals surface area contributed by atoms with Gasteiger partial charge in [0.25, 0.3) is 0 Å². The number of nitrogens with zero attached hydrogens (tertiary/aromatic N) is 1. The lowest BCUT2D eigenvalue weighted by Crippen LogP contribution is -2.48. The molecule has 1 saturated heterocycles. The summed E-state index contributed by atoms with van der Waals surface area (Å²) in [6, 6.07) is 1.62. The second-order valence-corrected chi connectivity index (χ2v) is 6.35. The summed E-state index contributed by atoms with van der Waals surface area (Å²) in [5, 5.41) is 0. The Bertz CT molecular complexity index is 204. The van der Waals surface area contributed by atoms with Crippen LogP contribution in [-0.4, -0.2) is 41.6 Å². The zero-order chi connectivity index (χ0) is 11.4. The molecular weight excluding hydrogens is 216 g/mol. The van der Waals surface area contributed by atoms with Crippen LogP contribution in [0.25, 0.3) is 0 Å². The number of thioether (sulfide) groups is 1. The zero-order valence-electron chi connectivity index (χ0n) is 10.5. The first kappa shape index (κ1) is 12.7. The summed E-state index contributed by atoms with van der Waals surface area (Å²) in [4.78, 5) is 2.77. The molecule has 3 heteroatoms. The van der Waals surface area contributed by atoms with Gasteiger partial charge in [-0.25, -0.2) is 0 Å². The van der Waals surface area contributed by atoms with Crippen molar-refractivity contribution in [3.05, 3.63) is 0 Å². The molecular formula is C13H26N2S. The van der Waals surface area contributed by atoms with E-state index in [-0.39, 0.29) is 0 Å². The molecule has 0 aromatic rings. The molecule has 3 atom stereocenters. The summed E-state index contributed by atoms with van der Waals surface area (Å²) in [6.07, 6.45) is 6.96. The third kappa shape index (κ3) is 2.74. The first-order valence-electron chi connectivity index (χ1n) is 6.90. The molecule has 0 spiro atoms. The molecule has 0 amide bonds. The summed E-state index contributed by atoms with van der Waals surface area (Å²) in [5.41, 5.74) is 5.91. The van der Waals surface area contributed by atoms with Gasteiger partial charge in [0, 0.05) is 17.8 Å². The van der Waals surface area contributed by atoms with Crippen LogP contribution >= 0.6 is 11.8 Å². The number of hydrogen-bond donors (Lipinski definition) is 1. The summed E-state index contributed by atoms with van der Waals surface area (Å²) in [6.45, 7) is 4.43. The minimum absolute atomic E-state index is 0.770. The van der Waals surface area contributed by atoms with Crippen molar-refractivity contribution < 1.29 is 0 Å². The van der Waals surface area contributed by atoms with Crippen LogP contribution in [0.15, 0.2) is 0 Å². The first-order valence-corrected chi connectivity index (χ1v) is 8.05. The van der Waals surface area contributed by atoms with Crippen LogP contribution in [0.1, 0.15) is 39.0 Å². The lowest BCUT2D eigenvalue weighted by molar-refractivity contribution is 0.118. The van der Waals surface area contributed by atoms with Crippen LogP contribution in [0, 0.1) is 5.92 Å². The quantitative estimate of drug-likeness (QED) is 0.820. The van der Waals surface area contributed by atoms with E-state index in [1.165, 1.54) is 50.2 Å². The van der Waals surface area contributed by atoms with E-state index in [0.717, 1.165) is 24.5 Å². The SMILES string of the molecule is CCN(C1CCCSC1)C1CCCC1CN. The topological polar surface area (TPSA) is 29.3 Å². The van der Waals surface area contributed by atoms with Crippen molar-refractivity contribution in [2.24, 2.45) is 11.7 Å². The van der Waals surface area contributed by atoms with E-state index in [4.69, 9.17) is 5.73 Å². The summed E-state index contributed by atoms with van der Waals surface area (Å²) < 4.78 is 0. The molecule has 94 valence electrons. The van der Waals surface area contributed by atoms with Crippen LogP contribution in [0.3, 0.4) is 0 Å². The maximum Gasteiger partial charge on any atom is 0.0189 e. The average Bonchev–Trinajstić information content (AvgIpc) is 2.80. The minimum atomic E-state index is 0.770. The predicted octanol–water partition coefficient (Wildman–Crippen LogP) is 2.33. The standard InChI is InChI=1S/C13H26N2S/c1-2-15(12-6-4-8-16-10-12)13-7-3-5-11(13)9-14/h11-13H,2-10,14H2,1H3. The summed E-state index contributed by atoms with van der Waals surface area (Å²) in [7, 11) is 0. The third-order valence-electron chi connectivity index (χ3n) is 4.32. The van der Waals surface area contributed by atoms with Gasteiger partial charge < -0.3 is 5.73 Å². The Balaban J connectivity index is 1.97. The second-order valence-electron chi connectivity index (χ2n) is 5.20. The molecule has 2 aliphatic rings. The Morgan fingerprint density at radius 3 is 2.75 bits per heavy atom. The fourth-order valence-corrected chi connectivity index (χ4v) is 4.65. The van der Waals surface area contributed by atoms with Crippen molar-refractivity contribution >= 4 is 11.8 Å². The Kier molecular flexibility index (Phi) is 4.98. The molecule has 2 nitrogen and oxygen atoms in total. The van der Waals surface area contributed by atoms with Crippen LogP contribution < -0.4 is 5.73 Å². The number of rotatable bonds is 4. The van der Waals surface area contributed by atoms with Crippen molar-refractivity contribution in [1.82, 2.24) is 4.90 Å². The molecule has 1 heterocycles. The highest BCUT2D eigenvalue weighted by molar-refractivity contribution is 7.99. The zero-order valence-corrected chi connectivity index (χ0v) is 11.3. The largest absolute Gasteiger partial charge is 0.330 e. The van der Waals surface area contributed by atoms with Crippen LogP contribution in [-0.2, 0) is 0 Å². The van der Waals surface area contributed by atoms with Crippen LogP contribution in [0.2, 0.25) is 0 Å². The van der Waals surface area contributed by atoms with Gasteiger partial charge >= 0.3 is 0 Å². The van der Waals surface area contributed by atoms with E-state index in [2.05, 4.69) is 23.6 Å². The Morgan fingerprint density at radius 1 is 1.25 bits per heavy atom. The molecule has 2 N–H and O–H groups in total. The third-order valence-corrected chi connectivity index (χ3v) is 5.52. The molecule has 0 aromatic heterocycles. The van der Waals surface area contributed by atoms with Gasteiger partial charge in [0.05, 0.1) is 0 Å². The van der Waals surface area contributed by atoms with Crippen LogP contribution in [0.4, 0.5) is 0 Å². The Labute approximate surface area is 104 Å². The predicted molar refractivity (Wildman–Crippen MR) is 72.9 cm³/mol. The van der Waals surface area contributed by atoms with E-state index >= 15 is 0 Å². The monoisotopic (exact) mass is 242 g/mol. The van der Waals surface area contributed by atoms with Gasteiger partial charge in [-0.05, 0) is 50.4 Å². The van der Waals surface area contributed by atoms with Crippen molar-refractivity contribution in [3.63, 3.8) is 0 Å². The van der Waals surface area contributed by atoms with Gasteiger partial charge in [0.15, 0.2) is 0 Å². The van der Waals surface area contributed by atoms with Crippen molar-refractivity contribution in [2.75, 3.05) is 24.6 Å². The number of nitrogens with two attached hydrogens (primary N) is 1. The van der Waals surface area contributed by atoms with E-state index in [1.807, 2.05) is 0 Å². The van der Waals surface area contributed by atoms with Gasteiger partial charge in [-0.2, -0.15) is 11.8 Å². The molecule has 0 bridgehead atoms. The van der Waals surface area contributed by atoms with E-state index in [9.17, 15) is 0 Å². The smallest absolute Gasteiger partial charge is 0.0189 e. The molecule has 2 fully saturated rings. The van der Waals surface area contributed by atoms with Gasteiger partial charge in [0.2, 0.25) is 0 Å². The second kappa shape index (κ2) is 6.27. The fraction of sp³-hybridized carbons (Fsp3) is 1.00. The van der Waals surface area contributed by atoms with Gasteiger partial charge in [-0.15, -0.1) is 0 Å². The summed E-state index contributed by atoms with van der Waals surface area (Å²) in [5.74, 6) is 3.49. The van der Waals surface area contributed by atoms with Crippen LogP contribution in [0.5, 0.6) is 0 Å². The van der Waals surface area contributed by atoms with Crippen molar-refractivity contribution in [3.8, 4) is 0 Å². The van der Waals surface area contributed by atoms with Gasteiger partial charge in [-0.3, -0.25) is 4.90 Å². The Hall–Kier alpha value is 0.270. The van der Waals surface area contributed by atoms with Crippen molar-refractivity contribution in [2.45, 2.75) is 51.1 Å². The molecule has 1 aliphatic carbocycles. The molecule has 0 radical (unpaired) electrons. The highest BCUT2D eigenvalue weighted by Crippen LogP contribution is 2.33. The molecule has 1 saturated carbocycles. The normalized spacial score (nSPS) is 35.8.